The molecule has 0 aliphatic rings. The summed E-state index contributed by atoms with van der Waals surface area (Å²) in [6.45, 7) is 4.95. The van der Waals surface area contributed by atoms with Crippen molar-refractivity contribution < 1.29 is 39.3 Å². The molecule has 4 amide bonds. The smallest absolute Gasteiger partial charge is 0.326 e. The Morgan fingerprint density at radius 1 is 0.889 bits per heavy atom. The molecule has 0 saturated carbocycles. The van der Waals surface area contributed by atoms with Crippen LogP contribution >= 0.6 is 0 Å². The molecule has 1 aromatic rings. The Balaban J connectivity index is 3.11. The zero-order valence-corrected chi connectivity index (χ0v) is 20.4. The van der Waals surface area contributed by atoms with Crippen molar-refractivity contribution in [3.05, 3.63) is 29.8 Å². The molecule has 0 aromatic heterocycles. The zero-order valence-electron chi connectivity index (χ0n) is 20.4. The standard InChI is InChI=1S/C23H35N5O8/c1-11(2)8-15(24)20(32)26-16(9-13-4-6-14(30)7-5-13)21(33)28-19(12(3)29)22(34)27-17(23(35)36)10-18(25)31/h4-7,11-12,15-17,19,29-30H,8-10,24H2,1-3H3,(H2,25,31)(H,26,32)(H,27,34)(H,28,33)(H,35,36). The summed E-state index contributed by atoms with van der Waals surface area (Å²) < 4.78 is 0. The molecule has 0 saturated heterocycles. The van der Waals surface area contributed by atoms with E-state index in [1.54, 1.807) is 0 Å². The minimum Gasteiger partial charge on any atom is -0.508 e. The Morgan fingerprint density at radius 2 is 1.44 bits per heavy atom. The average Bonchev–Trinajstić information content (AvgIpc) is 2.76. The van der Waals surface area contributed by atoms with Gasteiger partial charge in [-0.25, -0.2) is 4.79 Å². The van der Waals surface area contributed by atoms with Crippen molar-refractivity contribution in [3.63, 3.8) is 0 Å². The molecule has 1 aromatic carbocycles. The first kappa shape index (κ1) is 30.3. The molecule has 200 valence electrons. The number of rotatable bonds is 14. The Labute approximate surface area is 208 Å². The van der Waals surface area contributed by atoms with Gasteiger partial charge in [-0.05, 0) is 37.0 Å². The van der Waals surface area contributed by atoms with Crippen LogP contribution in [0.1, 0.15) is 39.2 Å². The number of hydrogen-bond acceptors (Lipinski definition) is 8. The summed E-state index contributed by atoms with van der Waals surface area (Å²) in [5, 5.41) is 35.7. The van der Waals surface area contributed by atoms with Crippen LogP contribution in [0.25, 0.3) is 0 Å². The largest absolute Gasteiger partial charge is 0.508 e. The highest BCUT2D eigenvalue weighted by Gasteiger charge is 2.33. The number of aliphatic hydroxyl groups excluding tert-OH is 1. The number of nitrogens with two attached hydrogens (primary N) is 2. The lowest BCUT2D eigenvalue weighted by molar-refractivity contribution is -0.144. The number of carboxylic acids is 1. The second-order valence-electron chi connectivity index (χ2n) is 8.96. The molecule has 5 atom stereocenters. The van der Waals surface area contributed by atoms with Gasteiger partial charge >= 0.3 is 5.97 Å². The molecule has 36 heavy (non-hydrogen) atoms. The monoisotopic (exact) mass is 509 g/mol. The van der Waals surface area contributed by atoms with Crippen LogP contribution in [-0.4, -0.2) is 75.2 Å². The Kier molecular flexibility index (Phi) is 11.8. The number of nitrogens with one attached hydrogen (secondary N) is 3. The van der Waals surface area contributed by atoms with Crippen LogP contribution in [0.5, 0.6) is 5.75 Å². The maximum Gasteiger partial charge on any atom is 0.326 e. The molecule has 1 rings (SSSR count). The predicted octanol–water partition coefficient (Wildman–Crippen LogP) is -1.90. The number of primary amides is 1. The fourth-order valence-corrected chi connectivity index (χ4v) is 3.29. The van der Waals surface area contributed by atoms with E-state index in [0.29, 0.717) is 12.0 Å². The van der Waals surface area contributed by atoms with E-state index < -0.39 is 66.3 Å². The van der Waals surface area contributed by atoms with Crippen molar-refractivity contribution in [1.29, 1.82) is 0 Å². The average molecular weight is 510 g/mol. The summed E-state index contributed by atoms with van der Waals surface area (Å²) in [5.74, 6) is -4.93. The molecular weight excluding hydrogens is 474 g/mol. The molecule has 0 aliphatic heterocycles. The van der Waals surface area contributed by atoms with Crippen molar-refractivity contribution in [3.8, 4) is 5.75 Å². The van der Waals surface area contributed by atoms with Crippen LogP contribution in [0.2, 0.25) is 0 Å². The number of aromatic hydroxyl groups is 1. The molecule has 0 radical (unpaired) electrons. The predicted molar refractivity (Wildman–Crippen MR) is 128 cm³/mol. The third-order valence-electron chi connectivity index (χ3n) is 5.15. The first-order valence-electron chi connectivity index (χ1n) is 11.3. The fourth-order valence-electron chi connectivity index (χ4n) is 3.29. The van der Waals surface area contributed by atoms with Crippen molar-refractivity contribution in [1.82, 2.24) is 16.0 Å². The summed E-state index contributed by atoms with van der Waals surface area (Å²) in [6, 6.07) is 0.453. The molecule has 0 spiro atoms. The van der Waals surface area contributed by atoms with Gasteiger partial charge in [0.2, 0.25) is 23.6 Å². The van der Waals surface area contributed by atoms with Crippen molar-refractivity contribution in [2.75, 3.05) is 0 Å². The van der Waals surface area contributed by atoms with Gasteiger partial charge in [0.05, 0.1) is 18.6 Å². The first-order valence-corrected chi connectivity index (χ1v) is 11.3. The maximum absolute atomic E-state index is 13.1. The van der Waals surface area contributed by atoms with Gasteiger partial charge in [0.15, 0.2) is 0 Å². The zero-order chi connectivity index (χ0) is 27.6. The normalized spacial score (nSPS) is 15.2. The van der Waals surface area contributed by atoms with E-state index in [1.807, 2.05) is 13.8 Å². The lowest BCUT2D eigenvalue weighted by Crippen LogP contribution is -2.60. The van der Waals surface area contributed by atoms with E-state index in [-0.39, 0.29) is 18.1 Å². The SMILES string of the molecule is CC(C)CC(N)C(=O)NC(Cc1ccc(O)cc1)C(=O)NC(C(=O)NC(CC(N)=O)C(=O)O)C(C)O. The topological polar surface area (TPSA) is 234 Å². The molecule has 13 heteroatoms. The molecule has 0 bridgehead atoms. The van der Waals surface area contributed by atoms with Gasteiger partial charge in [0, 0.05) is 6.42 Å². The van der Waals surface area contributed by atoms with E-state index in [2.05, 4.69) is 16.0 Å². The van der Waals surface area contributed by atoms with Crippen molar-refractivity contribution in [2.24, 2.45) is 17.4 Å². The van der Waals surface area contributed by atoms with Gasteiger partial charge in [-0.1, -0.05) is 26.0 Å². The van der Waals surface area contributed by atoms with Crippen LogP contribution in [0, 0.1) is 5.92 Å². The van der Waals surface area contributed by atoms with E-state index in [9.17, 15) is 39.3 Å². The minimum atomic E-state index is -1.67. The van der Waals surface area contributed by atoms with E-state index in [0.717, 1.165) is 0 Å². The van der Waals surface area contributed by atoms with Gasteiger partial charge in [0.1, 0.15) is 23.9 Å². The first-order chi connectivity index (χ1) is 16.7. The molecule has 5 unspecified atom stereocenters. The Hall–Kier alpha value is -3.71. The van der Waals surface area contributed by atoms with Crippen molar-refractivity contribution >= 4 is 29.6 Å². The molecule has 13 nitrogen and oxygen atoms in total. The number of amides is 4. The van der Waals surface area contributed by atoms with Crippen LogP contribution in [0.4, 0.5) is 0 Å². The third kappa shape index (κ3) is 10.3. The summed E-state index contributed by atoms with van der Waals surface area (Å²) in [5.41, 5.74) is 11.5. The highest BCUT2D eigenvalue weighted by Crippen LogP contribution is 2.12. The number of phenolic OH excluding ortho intramolecular Hbond substituents is 1. The molecule has 10 N–H and O–H groups in total. The second-order valence-corrected chi connectivity index (χ2v) is 8.96. The van der Waals surface area contributed by atoms with Gasteiger partial charge in [-0.3, -0.25) is 19.2 Å². The summed E-state index contributed by atoms with van der Waals surface area (Å²) in [7, 11) is 0. The van der Waals surface area contributed by atoms with Crippen molar-refractivity contribution in [2.45, 2.75) is 70.3 Å². The van der Waals surface area contributed by atoms with E-state index in [1.165, 1.54) is 31.2 Å². The number of carboxylic acid groups (broad SMARTS) is 1. The highest BCUT2D eigenvalue weighted by molar-refractivity contribution is 5.95. The van der Waals surface area contributed by atoms with Gasteiger partial charge in [0.25, 0.3) is 0 Å². The van der Waals surface area contributed by atoms with E-state index in [4.69, 9.17) is 11.5 Å². The Bertz CT molecular complexity index is 935. The summed E-state index contributed by atoms with van der Waals surface area (Å²) >= 11 is 0. The van der Waals surface area contributed by atoms with Crippen LogP contribution < -0.4 is 27.4 Å². The summed E-state index contributed by atoms with van der Waals surface area (Å²) in [4.78, 5) is 60.8. The molecule has 0 fully saturated rings. The number of aliphatic carboxylic acids is 1. The lowest BCUT2D eigenvalue weighted by atomic mass is 10.0. The number of aliphatic hydroxyl groups is 1. The van der Waals surface area contributed by atoms with E-state index >= 15 is 0 Å². The Morgan fingerprint density at radius 3 is 1.92 bits per heavy atom. The molecule has 0 aliphatic carbocycles. The van der Waals surface area contributed by atoms with Gasteiger partial charge in [-0.15, -0.1) is 0 Å². The van der Waals surface area contributed by atoms with Crippen LogP contribution in [0.15, 0.2) is 24.3 Å². The fraction of sp³-hybridized carbons (Fsp3) is 0.522. The quantitative estimate of drug-likeness (QED) is 0.140. The minimum absolute atomic E-state index is 0.00229. The highest BCUT2D eigenvalue weighted by atomic mass is 16.4. The second kappa shape index (κ2) is 14.0. The number of hydrogen-bond donors (Lipinski definition) is 8. The number of benzene rings is 1. The lowest BCUT2D eigenvalue weighted by Gasteiger charge is -2.26. The number of carbonyl (C=O) groups excluding carboxylic acids is 4. The van der Waals surface area contributed by atoms with Crippen LogP contribution in [0.3, 0.4) is 0 Å². The third-order valence-corrected chi connectivity index (χ3v) is 5.15. The van der Waals surface area contributed by atoms with Gasteiger partial charge < -0.3 is 42.7 Å². The maximum atomic E-state index is 13.1. The molecular formula is C23H35N5O8. The number of phenols is 1. The van der Waals surface area contributed by atoms with Crippen LogP contribution in [-0.2, 0) is 30.4 Å². The summed E-state index contributed by atoms with van der Waals surface area (Å²) in [6.07, 6.45) is -1.85. The molecule has 0 heterocycles. The number of carbonyl (C=O) groups is 5. The van der Waals surface area contributed by atoms with Gasteiger partial charge in [-0.2, -0.15) is 0 Å².